The van der Waals surface area contributed by atoms with Crippen LogP contribution >= 0.6 is 22.9 Å². The Morgan fingerprint density at radius 2 is 2.08 bits per heavy atom. The van der Waals surface area contributed by atoms with Crippen LogP contribution in [-0.2, 0) is 11.3 Å². The van der Waals surface area contributed by atoms with Crippen molar-refractivity contribution in [3.05, 3.63) is 51.2 Å². The van der Waals surface area contributed by atoms with Crippen LogP contribution in [0.5, 0.6) is 0 Å². The predicted molar refractivity (Wildman–Crippen MR) is 104 cm³/mol. The topological polar surface area (TPSA) is 61.8 Å². The van der Waals surface area contributed by atoms with E-state index in [9.17, 15) is 4.79 Å². The van der Waals surface area contributed by atoms with Gasteiger partial charge in [0.2, 0.25) is 0 Å². The lowest BCUT2D eigenvalue weighted by molar-refractivity contribution is -1.02. The van der Waals surface area contributed by atoms with Crippen LogP contribution < -0.4 is 15.1 Å². The lowest BCUT2D eigenvalue weighted by atomic mass is 10.2. The van der Waals surface area contributed by atoms with E-state index < -0.39 is 0 Å². The van der Waals surface area contributed by atoms with E-state index in [2.05, 4.69) is 17.5 Å². The number of hydrogen-bond acceptors (Lipinski definition) is 3. The molecule has 1 atom stereocenters. The van der Waals surface area contributed by atoms with E-state index in [4.69, 9.17) is 16.9 Å². The van der Waals surface area contributed by atoms with E-state index in [1.165, 1.54) is 9.78 Å². The highest BCUT2D eigenvalue weighted by Crippen LogP contribution is 2.20. The Labute approximate surface area is 162 Å². The fourth-order valence-corrected chi connectivity index (χ4v) is 4.49. The Morgan fingerprint density at radius 1 is 1.31 bits per heavy atom. The average molecular weight is 391 g/mol. The number of nitrogens with zero attached hydrogens (tertiary/aromatic N) is 1. The largest absolute Gasteiger partial charge is 0.321 e. The number of thiophene rings is 1. The Morgan fingerprint density at radius 3 is 2.73 bits per heavy atom. The van der Waals surface area contributed by atoms with Gasteiger partial charge in [-0.3, -0.25) is 4.79 Å². The van der Waals surface area contributed by atoms with Gasteiger partial charge in [0.25, 0.3) is 5.91 Å². The molecule has 3 N–H and O–H groups in total. The molecule has 136 valence electrons. The minimum atomic E-state index is -0.113. The van der Waals surface area contributed by atoms with Crippen LogP contribution in [0.3, 0.4) is 0 Å². The summed E-state index contributed by atoms with van der Waals surface area (Å²) >= 11 is 7.65. The lowest BCUT2D eigenvalue weighted by Gasteiger charge is -2.32. The van der Waals surface area contributed by atoms with E-state index in [-0.39, 0.29) is 11.9 Å². The fraction of sp³-hybridized carbons (Fsp3) is 0.368. The molecule has 1 fully saturated rings. The normalized spacial score (nSPS) is 21.0. The highest BCUT2D eigenvalue weighted by atomic mass is 35.5. The number of nitrogens with one attached hydrogen (secondary N) is 3. The smallest absolute Gasteiger partial charge is 0.282 e. The van der Waals surface area contributed by atoms with Crippen LogP contribution in [0.4, 0.5) is 5.69 Å². The quantitative estimate of drug-likeness (QED) is 0.699. The lowest BCUT2D eigenvalue weighted by Crippen LogP contribution is -3.29. The van der Waals surface area contributed by atoms with Crippen molar-refractivity contribution >= 4 is 34.5 Å². The molecule has 0 unspecified atom stereocenters. The molecule has 26 heavy (non-hydrogen) atoms. The number of benzene rings is 1. The Balaban J connectivity index is 1.50. The first kappa shape index (κ1) is 18.9. The summed E-state index contributed by atoms with van der Waals surface area (Å²) in [5, 5.41) is 11.9. The molecule has 0 bridgehead atoms. The first-order chi connectivity index (χ1) is 12.5. The van der Waals surface area contributed by atoms with Gasteiger partial charge in [-0.25, -0.2) is 0 Å². The fourth-order valence-electron chi connectivity index (χ4n) is 3.33. The van der Waals surface area contributed by atoms with Gasteiger partial charge in [0.1, 0.15) is 32.7 Å². The van der Waals surface area contributed by atoms with Gasteiger partial charge in [-0.1, -0.05) is 17.7 Å². The Bertz CT molecular complexity index is 808. The van der Waals surface area contributed by atoms with Gasteiger partial charge >= 0.3 is 0 Å². The van der Waals surface area contributed by atoms with Crippen molar-refractivity contribution in [2.75, 3.05) is 31.5 Å². The van der Waals surface area contributed by atoms with Crippen molar-refractivity contribution in [3.63, 3.8) is 0 Å². The summed E-state index contributed by atoms with van der Waals surface area (Å²) in [4.78, 5) is 16.7. The molecule has 5 nitrogen and oxygen atoms in total. The second kappa shape index (κ2) is 8.65. The van der Waals surface area contributed by atoms with E-state index in [1.807, 2.05) is 19.1 Å². The first-order valence-electron chi connectivity index (χ1n) is 8.78. The molecule has 3 rings (SSSR count). The van der Waals surface area contributed by atoms with Gasteiger partial charge < -0.3 is 15.1 Å². The van der Waals surface area contributed by atoms with Crippen molar-refractivity contribution in [1.29, 1.82) is 5.26 Å². The number of amides is 1. The van der Waals surface area contributed by atoms with Crippen molar-refractivity contribution in [2.45, 2.75) is 19.5 Å². The molecule has 0 radical (unpaired) electrons. The van der Waals surface area contributed by atoms with E-state index in [0.29, 0.717) is 11.3 Å². The minimum Gasteiger partial charge on any atom is -0.321 e. The third-order valence-electron chi connectivity index (χ3n) is 4.92. The van der Waals surface area contributed by atoms with Gasteiger partial charge in [-0.05, 0) is 37.3 Å². The van der Waals surface area contributed by atoms with Crippen LogP contribution in [0.2, 0.25) is 4.34 Å². The number of anilines is 1. The molecular formula is C19H23ClN4OS+2. The van der Waals surface area contributed by atoms with Crippen LogP contribution in [0.25, 0.3) is 0 Å². The van der Waals surface area contributed by atoms with Gasteiger partial charge in [0.05, 0.1) is 20.8 Å². The minimum absolute atomic E-state index is 0.00331. The number of hydrogen-bond donors (Lipinski definition) is 3. The number of piperazine rings is 1. The summed E-state index contributed by atoms with van der Waals surface area (Å²) in [5.41, 5.74) is 1.23. The highest BCUT2D eigenvalue weighted by molar-refractivity contribution is 7.16. The van der Waals surface area contributed by atoms with Gasteiger partial charge in [-0.2, -0.15) is 5.26 Å². The molecule has 0 spiro atoms. The van der Waals surface area contributed by atoms with Crippen LogP contribution in [0, 0.1) is 11.3 Å². The van der Waals surface area contributed by atoms with Crippen molar-refractivity contribution in [1.82, 2.24) is 0 Å². The van der Waals surface area contributed by atoms with Gasteiger partial charge in [0, 0.05) is 5.69 Å². The molecule has 1 saturated heterocycles. The number of quaternary nitrogens is 2. The highest BCUT2D eigenvalue weighted by Gasteiger charge is 2.31. The van der Waals surface area contributed by atoms with E-state index in [0.717, 1.165) is 37.1 Å². The zero-order valence-corrected chi connectivity index (χ0v) is 16.3. The Kier molecular flexibility index (Phi) is 6.28. The number of nitriles is 1. The Hall–Kier alpha value is -1.91. The molecule has 0 saturated carbocycles. The number of carbonyl (C=O) groups is 1. The molecule has 1 aliphatic heterocycles. The standard InChI is InChI=1S/C19H21ClN4OS/c1-14(19(25)22-16-4-2-3-15(11-16)12-21)24-9-7-23(8-10-24)13-17-5-6-18(20)26-17/h2-6,11,14H,7-10,13H2,1H3,(H,22,25)/p+2/t14-/m0/s1. The van der Waals surface area contributed by atoms with Gasteiger partial charge in [-0.15, -0.1) is 11.3 Å². The summed E-state index contributed by atoms with van der Waals surface area (Å²) in [7, 11) is 0. The SMILES string of the molecule is C[C@@H](C(=O)Nc1cccc(C#N)c1)[NH+]1CC[NH+](Cc2ccc(Cl)s2)CC1. The maximum absolute atomic E-state index is 12.6. The van der Waals surface area contributed by atoms with E-state index >= 15 is 0 Å². The molecule has 2 aromatic rings. The van der Waals surface area contributed by atoms with Crippen molar-refractivity contribution in [2.24, 2.45) is 0 Å². The predicted octanol–water partition coefficient (Wildman–Crippen LogP) is 0.584. The van der Waals surface area contributed by atoms with Crippen LogP contribution in [0.15, 0.2) is 36.4 Å². The summed E-state index contributed by atoms with van der Waals surface area (Å²) in [5.74, 6) is 0.00331. The zero-order chi connectivity index (χ0) is 18.5. The van der Waals surface area contributed by atoms with Crippen molar-refractivity contribution in [3.8, 4) is 6.07 Å². The number of carbonyl (C=O) groups excluding carboxylic acids is 1. The second-order valence-electron chi connectivity index (χ2n) is 6.69. The number of halogens is 1. The maximum Gasteiger partial charge on any atom is 0.282 e. The van der Waals surface area contributed by atoms with E-state index in [1.54, 1.807) is 34.4 Å². The van der Waals surface area contributed by atoms with Crippen LogP contribution in [0.1, 0.15) is 17.4 Å². The molecule has 1 aromatic carbocycles. The molecule has 7 heteroatoms. The van der Waals surface area contributed by atoms with Crippen molar-refractivity contribution < 1.29 is 14.6 Å². The molecule has 1 amide bonds. The first-order valence-corrected chi connectivity index (χ1v) is 9.98. The average Bonchev–Trinajstić information content (AvgIpc) is 3.06. The third-order valence-corrected chi connectivity index (χ3v) is 6.15. The third kappa shape index (κ3) is 4.83. The molecule has 1 aromatic heterocycles. The monoisotopic (exact) mass is 390 g/mol. The summed E-state index contributed by atoms with van der Waals surface area (Å²) in [6.45, 7) is 7.02. The summed E-state index contributed by atoms with van der Waals surface area (Å²) in [6.07, 6.45) is 0. The van der Waals surface area contributed by atoms with Crippen LogP contribution in [-0.4, -0.2) is 38.1 Å². The molecule has 2 heterocycles. The molecule has 1 aliphatic rings. The second-order valence-corrected chi connectivity index (χ2v) is 8.49. The van der Waals surface area contributed by atoms with Gasteiger partial charge in [0.15, 0.2) is 6.04 Å². The summed E-state index contributed by atoms with van der Waals surface area (Å²) < 4.78 is 0.842. The maximum atomic E-state index is 12.6. The molecular weight excluding hydrogens is 368 g/mol. The zero-order valence-electron chi connectivity index (χ0n) is 14.7. The summed E-state index contributed by atoms with van der Waals surface area (Å²) in [6, 6.07) is 13.1. The number of rotatable bonds is 5. The molecule has 0 aliphatic carbocycles.